The molecule has 0 radical (unpaired) electrons. The van der Waals surface area contributed by atoms with Crippen LogP contribution in [0.3, 0.4) is 0 Å². The van der Waals surface area contributed by atoms with Crippen molar-refractivity contribution in [1.82, 2.24) is 0 Å². The molecule has 23 heavy (non-hydrogen) atoms. The largest absolute Gasteiger partial charge is 0.469 e. The van der Waals surface area contributed by atoms with Crippen LogP contribution in [0.2, 0.25) is 0 Å². The Bertz CT molecular complexity index is 713. The highest BCUT2D eigenvalue weighted by Gasteiger charge is 2.67. The number of benzene rings is 1. The lowest BCUT2D eigenvalue weighted by Gasteiger charge is -2.23. The maximum absolute atomic E-state index is 13.1. The minimum Gasteiger partial charge on any atom is -0.469 e. The van der Waals surface area contributed by atoms with Crippen LogP contribution in [0, 0.1) is 11.8 Å². The van der Waals surface area contributed by atoms with Gasteiger partial charge >= 0.3 is 5.97 Å². The molecule has 2 saturated heterocycles. The number of anilines is 1. The quantitative estimate of drug-likeness (QED) is 0.630. The van der Waals surface area contributed by atoms with E-state index in [4.69, 9.17) is 9.47 Å². The van der Waals surface area contributed by atoms with E-state index in [0.717, 1.165) is 17.7 Å². The van der Waals surface area contributed by atoms with Crippen molar-refractivity contribution in [3.05, 3.63) is 42.0 Å². The topological polar surface area (TPSA) is 55.8 Å². The standard InChI is InChI=1S/C18H19NO4/c1-3-11-6-4-5-7-12(11)19-10-18-9-8-13(23-18)14(17(21)22-2)15(18)16(19)20/h4-9,13-15H,3,10H2,1-2H3/t13-,14+,15-,18+/m0/s1. The van der Waals surface area contributed by atoms with Gasteiger partial charge in [0, 0.05) is 5.69 Å². The Balaban J connectivity index is 1.75. The molecule has 0 aromatic heterocycles. The average molecular weight is 313 g/mol. The zero-order chi connectivity index (χ0) is 16.2. The van der Waals surface area contributed by atoms with Crippen LogP contribution >= 0.6 is 0 Å². The molecular weight excluding hydrogens is 294 g/mol. The number of hydrogen-bond donors (Lipinski definition) is 0. The lowest BCUT2D eigenvalue weighted by atomic mass is 9.77. The molecule has 4 rings (SSSR count). The average Bonchev–Trinajstić information content (AvgIpc) is 3.22. The predicted molar refractivity (Wildman–Crippen MR) is 83.9 cm³/mol. The van der Waals surface area contributed by atoms with Gasteiger partial charge in [-0.3, -0.25) is 9.59 Å². The van der Waals surface area contributed by atoms with E-state index >= 15 is 0 Å². The summed E-state index contributed by atoms with van der Waals surface area (Å²) in [5.74, 6) is -1.45. The van der Waals surface area contributed by atoms with Crippen LogP contribution in [0.5, 0.6) is 0 Å². The molecule has 2 fully saturated rings. The second-order valence-corrected chi connectivity index (χ2v) is 6.33. The number of esters is 1. The SMILES string of the molecule is CCc1ccccc1N1C[C@@]23C=C[C@H](O2)[C@@H](C(=O)OC)[C@H]3C1=O. The smallest absolute Gasteiger partial charge is 0.312 e. The first-order valence-electron chi connectivity index (χ1n) is 7.95. The van der Waals surface area contributed by atoms with Crippen LogP contribution in [-0.4, -0.2) is 37.2 Å². The molecule has 1 amide bonds. The fourth-order valence-corrected chi connectivity index (χ4v) is 4.18. The van der Waals surface area contributed by atoms with E-state index in [1.54, 1.807) is 4.90 Å². The highest BCUT2D eigenvalue weighted by Crippen LogP contribution is 2.53. The number of methoxy groups -OCH3 is 1. The zero-order valence-corrected chi connectivity index (χ0v) is 13.2. The van der Waals surface area contributed by atoms with Gasteiger partial charge < -0.3 is 14.4 Å². The molecule has 5 heteroatoms. The van der Waals surface area contributed by atoms with Crippen molar-refractivity contribution in [2.24, 2.45) is 11.8 Å². The molecule has 2 bridgehead atoms. The molecule has 3 heterocycles. The maximum Gasteiger partial charge on any atom is 0.312 e. The predicted octanol–water partition coefficient (Wildman–Crippen LogP) is 1.71. The monoisotopic (exact) mass is 313 g/mol. The molecule has 4 atom stereocenters. The van der Waals surface area contributed by atoms with E-state index in [1.165, 1.54) is 7.11 Å². The fourth-order valence-electron chi connectivity index (χ4n) is 4.18. The van der Waals surface area contributed by atoms with Crippen LogP contribution in [-0.2, 0) is 25.5 Å². The van der Waals surface area contributed by atoms with Gasteiger partial charge in [-0.05, 0) is 18.1 Å². The Hall–Kier alpha value is -2.14. The number of amides is 1. The number of ether oxygens (including phenoxy) is 2. The number of carbonyl (C=O) groups is 2. The minimum atomic E-state index is -0.693. The lowest BCUT2D eigenvalue weighted by molar-refractivity contribution is -0.149. The van der Waals surface area contributed by atoms with E-state index in [9.17, 15) is 9.59 Å². The van der Waals surface area contributed by atoms with E-state index < -0.39 is 17.4 Å². The fraction of sp³-hybridized carbons (Fsp3) is 0.444. The zero-order valence-electron chi connectivity index (χ0n) is 13.2. The van der Waals surface area contributed by atoms with Crippen molar-refractivity contribution in [1.29, 1.82) is 0 Å². The molecule has 3 aliphatic rings. The van der Waals surface area contributed by atoms with Crippen molar-refractivity contribution in [2.45, 2.75) is 25.0 Å². The van der Waals surface area contributed by atoms with Gasteiger partial charge in [0.1, 0.15) is 11.5 Å². The normalized spacial score (nSPS) is 34.1. The van der Waals surface area contributed by atoms with Crippen LogP contribution in [0.4, 0.5) is 5.69 Å². The highest BCUT2D eigenvalue weighted by molar-refractivity contribution is 6.03. The van der Waals surface area contributed by atoms with Crippen molar-refractivity contribution in [3.8, 4) is 0 Å². The number of carbonyl (C=O) groups excluding carboxylic acids is 2. The van der Waals surface area contributed by atoms with Gasteiger partial charge in [-0.25, -0.2) is 0 Å². The number of aryl methyl sites for hydroxylation is 1. The molecule has 1 spiro atoms. The lowest BCUT2D eigenvalue weighted by Crippen LogP contribution is -2.39. The van der Waals surface area contributed by atoms with E-state index in [-0.39, 0.29) is 18.0 Å². The summed E-state index contributed by atoms with van der Waals surface area (Å²) in [4.78, 5) is 27.0. The number of hydrogen-bond acceptors (Lipinski definition) is 4. The summed E-state index contributed by atoms with van der Waals surface area (Å²) in [5, 5.41) is 0. The third-order valence-electron chi connectivity index (χ3n) is 5.24. The van der Waals surface area contributed by atoms with Gasteiger partial charge in [0.2, 0.25) is 5.91 Å². The molecule has 1 aromatic rings. The Morgan fingerprint density at radius 3 is 2.96 bits per heavy atom. The summed E-state index contributed by atoms with van der Waals surface area (Å²) in [6.07, 6.45) is 4.34. The molecular formula is C18H19NO4. The van der Waals surface area contributed by atoms with Gasteiger partial charge in [-0.1, -0.05) is 37.3 Å². The maximum atomic E-state index is 13.1. The number of para-hydroxylation sites is 1. The molecule has 0 saturated carbocycles. The third-order valence-corrected chi connectivity index (χ3v) is 5.24. The molecule has 0 unspecified atom stereocenters. The Kier molecular flexibility index (Phi) is 3.10. The first kappa shape index (κ1) is 14.5. The van der Waals surface area contributed by atoms with Gasteiger partial charge in [0.25, 0.3) is 0 Å². The first-order chi connectivity index (χ1) is 11.1. The van der Waals surface area contributed by atoms with E-state index in [1.807, 2.05) is 36.4 Å². The third kappa shape index (κ3) is 1.83. The van der Waals surface area contributed by atoms with Crippen molar-refractivity contribution < 1.29 is 19.1 Å². The summed E-state index contributed by atoms with van der Waals surface area (Å²) >= 11 is 0. The van der Waals surface area contributed by atoms with Gasteiger partial charge in [-0.15, -0.1) is 0 Å². The first-order valence-corrected chi connectivity index (χ1v) is 7.95. The number of fused-ring (bicyclic) bond motifs is 1. The molecule has 3 aliphatic heterocycles. The van der Waals surface area contributed by atoms with E-state index in [2.05, 4.69) is 6.92 Å². The second-order valence-electron chi connectivity index (χ2n) is 6.33. The summed E-state index contributed by atoms with van der Waals surface area (Å²) in [6, 6.07) is 7.89. The molecule has 120 valence electrons. The van der Waals surface area contributed by atoms with Crippen molar-refractivity contribution in [2.75, 3.05) is 18.6 Å². The van der Waals surface area contributed by atoms with Gasteiger partial charge in [0.05, 0.1) is 25.7 Å². The van der Waals surface area contributed by atoms with Crippen LogP contribution < -0.4 is 4.90 Å². The van der Waals surface area contributed by atoms with Gasteiger partial charge in [0.15, 0.2) is 0 Å². The molecule has 5 nitrogen and oxygen atoms in total. The number of rotatable bonds is 3. The van der Waals surface area contributed by atoms with Crippen LogP contribution in [0.25, 0.3) is 0 Å². The van der Waals surface area contributed by atoms with Gasteiger partial charge in [-0.2, -0.15) is 0 Å². The molecule has 0 aliphatic carbocycles. The summed E-state index contributed by atoms with van der Waals surface area (Å²) in [6.45, 7) is 2.52. The van der Waals surface area contributed by atoms with Crippen LogP contribution in [0.15, 0.2) is 36.4 Å². The Labute approximate surface area is 134 Å². The second kappa shape index (κ2) is 4.93. The Morgan fingerprint density at radius 2 is 2.22 bits per heavy atom. The molecule has 0 N–H and O–H groups in total. The van der Waals surface area contributed by atoms with E-state index in [0.29, 0.717) is 6.54 Å². The minimum absolute atomic E-state index is 0.0480. The summed E-state index contributed by atoms with van der Waals surface area (Å²) < 4.78 is 10.9. The summed E-state index contributed by atoms with van der Waals surface area (Å²) in [5.41, 5.74) is 1.33. The molecule has 1 aromatic carbocycles. The van der Waals surface area contributed by atoms with Crippen molar-refractivity contribution in [3.63, 3.8) is 0 Å². The Morgan fingerprint density at radius 1 is 1.43 bits per heavy atom. The van der Waals surface area contributed by atoms with Crippen molar-refractivity contribution >= 4 is 17.6 Å². The van der Waals surface area contributed by atoms with Crippen LogP contribution in [0.1, 0.15) is 12.5 Å². The number of nitrogens with zero attached hydrogens (tertiary/aromatic N) is 1. The summed E-state index contributed by atoms with van der Waals surface area (Å²) in [7, 11) is 1.36. The highest BCUT2D eigenvalue weighted by atomic mass is 16.5.